The predicted octanol–water partition coefficient (Wildman–Crippen LogP) is 5.39. The maximum atomic E-state index is 12.9. The van der Waals surface area contributed by atoms with Gasteiger partial charge in [0.2, 0.25) is 0 Å². The molecule has 0 radical (unpaired) electrons. The van der Waals surface area contributed by atoms with E-state index < -0.39 is 8.07 Å². The Kier molecular flexibility index (Phi) is 10.1. The van der Waals surface area contributed by atoms with E-state index in [0.717, 1.165) is 6.42 Å². The number of rotatable bonds is 12. The van der Waals surface area contributed by atoms with Crippen molar-refractivity contribution >= 4 is 32.9 Å². The van der Waals surface area contributed by atoms with E-state index in [1.54, 1.807) is 0 Å². The molecule has 0 fully saturated rings. The van der Waals surface area contributed by atoms with E-state index in [-0.39, 0.29) is 0 Å². The average molecular weight is 398 g/mol. The van der Waals surface area contributed by atoms with Gasteiger partial charge in [0.25, 0.3) is 0 Å². The number of unbranched alkanes of at least 4 members (excludes halogenated alkanes) is 6. The summed E-state index contributed by atoms with van der Waals surface area (Å²) in [6, 6.07) is 10.6. The van der Waals surface area contributed by atoms with Crippen LogP contribution in [0.1, 0.15) is 58.3 Å². The summed E-state index contributed by atoms with van der Waals surface area (Å²) in [5, 5.41) is 0.590. The first-order valence-corrected chi connectivity index (χ1v) is 14.6. The molecule has 0 aliphatic carbocycles. The van der Waals surface area contributed by atoms with Crippen LogP contribution in [0.3, 0.4) is 0 Å². The Balaban J connectivity index is 2.47. The van der Waals surface area contributed by atoms with E-state index in [1.807, 2.05) is 0 Å². The summed E-state index contributed by atoms with van der Waals surface area (Å²) >= 11 is 0.292. The van der Waals surface area contributed by atoms with Crippen LogP contribution in [0.25, 0.3) is 0 Å². The monoisotopic (exact) mass is 398 g/mol. The van der Waals surface area contributed by atoms with Crippen LogP contribution in [0.4, 0.5) is 0 Å². The van der Waals surface area contributed by atoms with E-state index in [0.29, 0.717) is 25.2 Å². The standard InChI is InChI=1S/C20H34OSeSi/c1-5-6-7-8-9-10-14-17-19(20(21)23(2,3)4)22-18-15-12-11-13-16-18/h11-13,15-16,19H,5-10,14,17H2,1-4H3. The van der Waals surface area contributed by atoms with Crippen molar-refractivity contribution in [2.45, 2.75) is 82.7 Å². The molecule has 23 heavy (non-hydrogen) atoms. The molecule has 0 bridgehead atoms. The molecule has 0 spiro atoms. The van der Waals surface area contributed by atoms with Gasteiger partial charge in [0.05, 0.1) is 0 Å². The van der Waals surface area contributed by atoms with Crippen molar-refractivity contribution in [3.05, 3.63) is 30.3 Å². The summed E-state index contributed by atoms with van der Waals surface area (Å²) in [7, 11) is -1.69. The fraction of sp³-hybridized carbons (Fsp3) is 0.650. The van der Waals surface area contributed by atoms with Gasteiger partial charge >= 0.3 is 151 Å². The first-order valence-electron chi connectivity index (χ1n) is 9.21. The van der Waals surface area contributed by atoms with Gasteiger partial charge < -0.3 is 0 Å². The quantitative estimate of drug-likeness (QED) is 0.341. The Bertz CT molecular complexity index is 439. The van der Waals surface area contributed by atoms with Gasteiger partial charge in [0.15, 0.2) is 0 Å². The number of carbonyl (C=O) groups excluding carboxylic acids is 1. The predicted molar refractivity (Wildman–Crippen MR) is 107 cm³/mol. The normalized spacial score (nSPS) is 13.0. The summed E-state index contributed by atoms with van der Waals surface area (Å²) in [6.45, 7) is 8.87. The van der Waals surface area contributed by atoms with Gasteiger partial charge in [0, 0.05) is 0 Å². The first-order chi connectivity index (χ1) is 10.9. The maximum absolute atomic E-state index is 12.9. The molecule has 0 heterocycles. The van der Waals surface area contributed by atoms with Gasteiger partial charge in [0.1, 0.15) is 0 Å². The first kappa shape index (κ1) is 20.7. The Hall–Kier alpha value is -0.374. The van der Waals surface area contributed by atoms with Crippen molar-refractivity contribution in [3.63, 3.8) is 0 Å². The molecular weight excluding hydrogens is 363 g/mol. The second kappa shape index (κ2) is 11.2. The Morgan fingerprint density at radius 2 is 1.52 bits per heavy atom. The average Bonchev–Trinajstić information content (AvgIpc) is 2.52. The number of benzene rings is 1. The van der Waals surface area contributed by atoms with E-state index >= 15 is 0 Å². The summed E-state index contributed by atoms with van der Waals surface area (Å²) in [5.41, 5.74) is 0. The second-order valence-corrected chi connectivity index (χ2v) is 15.1. The fourth-order valence-corrected chi connectivity index (χ4v) is 8.49. The molecule has 0 N–H and O–H groups in total. The van der Waals surface area contributed by atoms with Crippen LogP contribution < -0.4 is 4.46 Å². The zero-order valence-corrected chi connectivity index (χ0v) is 18.2. The third-order valence-corrected chi connectivity index (χ3v) is 9.10. The van der Waals surface area contributed by atoms with E-state index in [9.17, 15) is 4.79 Å². The van der Waals surface area contributed by atoms with Crippen molar-refractivity contribution in [1.82, 2.24) is 0 Å². The molecule has 0 aliphatic rings. The topological polar surface area (TPSA) is 17.1 Å². The summed E-state index contributed by atoms with van der Waals surface area (Å²) < 4.78 is 1.37. The number of carbonyl (C=O) groups is 1. The van der Waals surface area contributed by atoms with Gasteiger partial charge in [-0.1, -0.05) is 0 Å². The molecule has 0 saturated carbocycles. The van der Waals surface area contributed by atoms with Crippen molar-refractivity contribution < 1.29 is 4.79 Å². The van der Waals surface area contributed by atoms with Crippen LogP contribution in [0.5, 0.6) is 0 Å². The molecule has 1 rings (SSSR count). The van der Waals surface area contributed by atoms with Crippen molar-refractivity contribution in [1.29, 1.82) is 0 Å². The van der Waals surface area contributed by atoms with Crippen LogP contribution in [0, 0.1) is 0 Å². The van der Waals surface area contributed by atoms with Crippen molar-refractivity contribution in [2.24, 2.45) is 0 Å². The SMILES string of the molecule is CCCCCCCCCC([Se]c1ccccc1)C(=O)[Si](C)(C)C. The Labute approximate surface area is 150 Å². The fourth-order valence-electron chi connectivity index (χ4n) is 2.68. The third-order valence-electron chi connectivity index (χ3n) is 4.12. The van der Waals surface area contributed by atoms with Crippen molar-refractivity contribution in [3.8, 4) is 0 Å². The van der Waals surface area contributed by atoms with Crippen LogP contribution in [0.2, 0.25) is 24.5 Å². The van der Waals surface area contributed by atoms with E-state index in [4.69, 9.17) is 0 Å². The number of hydrogen-bond acceptors (Lipinski definition) is 1. The van der Waals surface area contributed by atoms with Gasteiger partial charge in [-0.2, -0.15) is 0 Å². The van der Waals surface area contributed by atoms with Gasteiger partial charge in [-0.3, -0.25) is 0 Å². The minimum atomic E-state index is -1.69. The van der Waals surface area contributed by atoms with Crippen LogP contribution in [0.15, 0.2) is 30.3 Å². The molecule has 3 heteroatoms. The van der Waals surface area contributed by atoms with E-state index in [1.165, 1.54) is 49.4 Å². The molecule has 130 valence electrons. The zero-order valence-electron chi connectivity index (χ0n) is 15.4. The molecule has 0 aliphatic heterocycles. The summed E-state index contributed by atoms with van der Waals surface area (Å²) in [6.07, 6.45) is 10.4. The molecule has 0 aromatic heterocycles. The minimum absolute atomic E-state index is 0.292. The van der Waals surface area contributed by atoms with Gasteiger partial charge in [-0.15, -0.1) is 0 Å². The summed E-state index contributed by atoms with van der Waals surface area (Å²) in [4.78, 5) is 13.1. The third kappa shape index (κ3) is 8.88. The Morgan fingerprint density at radius 3 is 2.09 bits per heavy atom. The molecule has 1 nitrogen and oxygen atoms in total. The van der Waals surface area contributed by atoms with Crippen molar-refractivity contribution in [2.75, 3.05) is 0 Å². The molecule has 0 amide bonds. The summed E-state index contributed by atoms with van der Waals surface area (Å²) in [5.74, 6) is 0. The molecule has 1 unspecified atom stereocenters. The zero-order chi connectivity index (χ0) is 17.1. The Morgan fingerprint density at radius 1 is 0.957 bits per heavy atom. The number of hydrogen-bond donors (Lipinski definition) is 0. The molecule has 0 saturated heterocycles. The van der Waals surface area contributed by atoms with E-state index in [2.05, 4.69) is 56.9 Å². The molecule has 1 atom stereocenters. The van der Waals surface area contributed by atoms with Crippen LogP contribution >= 0.6 is 0 Å². The van der Waals surface area contributed by atoms with Crippen LogP contribution in [-0.2, 0) is 4.79 Å². The second-order valence-electron chi connectivity index (χ2n) is 7.44. The molecule has 1 aromatic carbocycles. The molecular formula is C20H34OSeSi. The van der Waals surface area contributed by atoms with Gasteiger partial charge in [-0.25, -0.2) is 0 Å². The van der Waals surface area contributed by atoms with Gasteiger partial charge in [-0.05, 0) is 0 Å². The molecule has 1 aromatic rings. The van der Waals surface area contributed by atoms with Crippen LogP contribution in [-0.4, -0.2) is 28.4 Å².